The predicted octanol–water partition coefficient (Wildman–Crippen LogP) is 0.694. The number of carboxylic acid groups (broad SMARTS) is 1. The van der Waals surface area contributed by atoms with Crippen LogP contribution in [0.4, 0.5) is 13.2 Å². The molecular weight excluding hydrogens is 195 g/mol. The quantitative estimate of drug-likeness (QED) is 0.705. The summed E-state index contributed by atoms with van der Waals surface area (Å²) in [5.74, 6) is -2.58. The summed E-state index contributed by atoms with van der Waals surface area (Å²) in [4.78, 5) is 10.0. The van der Waals surface area contributed by atoms with Crippen LogP contribution in [0, 0.1) is 0 Å². The van der Waals surface area contributed by atoms with Crippen molar-refractivity contribution in [1.82, 2.24) is 0 Å². The van der Waals surface area contributed by atoms with Crippen molar-refractivity contribution in [1.29, 1.82) is 0 Å². The van der Waals surface area contributed by atoms with Crippen LogP contribution in [0.5, 0.6) is 0 Å². The Morgan fingerprint density at radius 2 is 2.08 bits per heavy atom. The molecule has 0 saturated heterocycles. The number of nitrogens with two attached hydrogens (primary N) is 1. The summed E-state index contributed by atoms with van der Waals surface area (Å²) in [7, 11) is 0. The van der Waals surface area contributed by atoms with Crippen molar-refractivity contribution in [2.24, 2.45) is 5.73 Å². The average molecular weight is 203 g/mol. The number of rotatable bonds is 4. The van der Waals surface area contributed by atoms with E-state index in [0.717, 1.165) is 0 Å². The molecule has 72 valence electrons. The number of halogens is 3. The van der Waals surface area contributed by atoms with Crippen LogP contribution < -0.4 is 5.73 Å². The number of hydrogen-bond donors (Lipinski definition) is 2. The first-order chi connectivity index (χ1) is 5.33. The van der Waals surface area contributed by atoms with Crippen LogP contribution >= 0.6 is 11.8 Å². The molecule has 0 aromatic carbocycles. The van der Waals surface area contributed by atoms with Crippen molar-refractivity contribution in [2.45, 2.75) is 12.2 Å². The second-order valence-corrected chi connectivity index (χ2v) is 3.11. The Morgan fingerprint density at radius 3 is 2.42 bits per heavy atom. The van der Waals surface area contributed by atoms with E-state index in [1.54, 1.807) is 0 Å². The molecule has 0 aliphatic rings. The Hall–Kier alpha value is -0.430. The summed E-state index contributed by atoms with van der Waals surface area (Å²) in [6, 6.07) is -1.22. The maximum absolute atomic E-state index is 11.5. The smallest absolute Gasteiger partial charge is 0.397 e. The molecule has 3 nitrogen and oxygen atoms in total. The summed E-state index contributed by atoms with van der Waals surface area (Å²) >= 11 is 0.466. The first-order valence-electron chi connectivity index (χ1n) is 2.96. The Balaban J connectivity index is 3.51. The van der Waals surface area contributed by atoms with Crippen LogP contribution in [0.3, 0.4) is 0 Å². The van der Waals surface area contributed by atoms with Gasteiger partial charge in [0.15, 0.2) is 0 Å². The standard InChI is InChI=1S/C5H8F3NO2S/c6-5(7,8)2-12-1-3(9)4(10)11/h3H,1-2,9H2,(H,10,11). The van der Waals surface area contributed by atoms with Crippen molar-refractivity contribution < 1.29 is 23.1 Å². The number of alkyl halides is 3. The zero-order valence-electron chi connectivity index (χ0n) is 5.97. The molecule has 0 saturated carbocycles. The first-order valence-corrected chi connectivity index (χ1v) is 4.11. The number of carboxylic acids is 1. The molecule has 0 rings (SSSR count). The van der Waals surface area contributed by atoms with Gasteiger partial charge in [-0.1, -0.05) is 0 Å². The minimum atomic E-state index is -4.26. The molecule has 12 heavy (non-hydrogen) atoms. The van der Waals surface area contributed by atoms with Gasteiger partial charge in [0, 0.05) is 5.75 Å². The fourth-order valence-electron chi connectivity index (χ4n) is 0.373. The Bertz CT molecular complexity index is 161. The zero-order chi connectivity index (χ0) is 9.78. The summed E-state index contributed by atoms with van der Waals surface area (Å²) in [5, 5.41) is 8.19. The lowest BCUT2D eigenvalue weighted by Gasteiger charge is -2.07. The monoisotopic (exact) mass is 203 g/mol. The molecule has 7 heteroatoms. The molecule has 0 aliphatic heterocycles. The van der Waals surface area contributed by atoms with E-state index in [-0.39, 0.29) is 5.75 Å². The number of carbonyl (C=O) groups is 1. The summed E-state index contributed by atoms with van der Waals surface area (Å²) < 4.78 is 34.5. The van der Waals surface area contributed by atoms with E-state index in [9.17, 15) is 18.0 Å². The first kappa shape index (κ1) is 11.6. The van der Waals surface area contributed by atoms with Gasteiger partial charge in [0.05, 0.1) is 5.75 Å². The van der Waals surface area contributed by atoms with Gasteiger partial charge >= 0.3 is 12.1 Å². The van der Waals surface area contributed by atoms with E-state index >= 15 is 0 Å². The molecule has 0 bridgehead atoms. The van der Waals surface area contributed by atoms with Crippen LogP contribution in [0.2, 0.25) is 0 Å². The molecule has 0 aliphatic carbocycles. The van der Waals surface area contributed by atoms with Gasteiger partial charge in [-0.05, 0) is 0 Å². The molecule has 0 heterocycles. The highest BCUT2D eigenvalue weighted by atomic mass is 32.2. The molecule has 0 radical (unpaired) electrons. The highest BCUT2D eigenvalue weighted by Gasteiger charge is 2.27. The minimum Gasteiger partial charge on any atom is -0.480 e. The predicted molar refractivity (Wildman–Crippen MR) is 39.0 cm³/mol. The van der Waals surface area contributed by atoms with Gasteiger partial charge < -0.3 is 10.8 Å². The van der Waals surface area contributed by atoms with Crippen LogP contribution in [0.1, 0.15) is 0 Å². The zero-order valence-corrected chi connectivity index (χ0v) is 6.78. The molecule has 0 amide bonds. The van der Waals surface area contributed by atoms with E-state index < -0.39 is 23.9 Å². The summed E-state index contributed by atoms with van der Waals surface area (Å²) in [6.45, 7) is 0. The lowest BCUT2D eigenvalue weighted by atomic mass is 10.4. The molecule has 1 atom stereocenters. The van der Waals surface area contributed by atoms with Gasteiger partial charge in [-0.15, -0.1) is 0 Å². The lowest BCUT2D eigenvalue weighted by molar-refractivity contribution is -0.138. The van der Waals surface area contributed by atoms with E-state index in [1.807, 2.05) is 0 Å². The molecule has 0 aromatic heterocycles. The van der Waals surface area contributed by atoms with Crippen LogP contribution in [0.25, 0.3) is 0 Å². The van der Waals surface area contributed by atoms with Gasteiger partial charge in [0.25, 0.3) is 0 Å². The fourth-order valence-corrected chi connectivity index (χ4v) is 1.12. The Morgan fingerprint density at radius 1 is 1.58 bits per heavy atom. The molecule has 0 fully saturated rings. The third-order valence-corrected chi connectivity index (χ3v) is 2.01. The third-order valence-electron chi connectivity index (χ3n) is 0.880. The third kappa shape index (κ3) is 6.29. The molecule has 3 N–H and O–H groups in total. The molecule has 1 unspecified atom stereocenters. The Labute approximate surface area is 71.1 Å². The van der Waals surface area contributed by atoms with E-state index in [2.05, 4.69) is 0 Å². The second kappa shape index (κ2) is 4.56. The summed E-state index contributed by atoms with van der Waals surface area (Å²) in [5.41, 5.74) is 4.96. The van der Waals surface area contributed by atoms with Crippen molar-refractivity contribution in [3.8, 4) is 0 Å². The van der Waals surface area contributed by atoms with Crippen molar-refractivity contribution in [3.05, 3.63) is 0 Å². The van der Waals surface area contributed by atoms with Crippen molar-refractivity contribution in [2.75, 3.05) is 11.5 Å². The van der Waals surface area contributed by atoms with Crippen molar-refractivity contribution >= 4 is 17.7 Å². The minimum absolute atomic E-state index is 0.227. The van der Waals surface area contributed by atoms with E-state index in [1.165, 1.54) is 0 Å². The highest BCUT2D eigenvalue weighted by molar-refractivity contribution is 7.99. The van der Waals surface area contributed by atoms with E-state index in [4.69, 9.17) is 10.8 Å². The molecule has 0 aromatic rings. The van der Waals surface area contributed by atoms with Gasteiger partial charge in [0.1, 0.15) is 6.04 Å². The largest absolute Gasteiger partial charge is 0.480 e. The fraction of sp³-hybridized carbons (Fsp3) is 0.800. The van der Waals surface area contributed by atoms with Gasteiger partial charge in [-0.2, -0.15) is 24.9 Å². The SMILES string of the molecule is NC(CSCC(F)(F)F)C(=O)O. The summed E-state index contributed by atoms with van der Waals surface area (Å²) in [6.07, 6.45) is -4.26. The van der Waals surface area contributed by atoms with Gasteiger partial charge in [-0.25, -0.2) is 0 Å². The maximum Gasteiger partial charge on any atom is 0.397 e. The highest BCUT2D eigenvalue weighted by Crippen LogP contribution is 2.21. The normalized spacial score (nSPS) is 14.3. The van der Waals surface area contributed by atoms with Gasteiger partial charge in [-0.3, -0.25) is 4.79 Å². The lowest BCUT2D eigenvalue weighted by Crippen LogP contribution is -2.33. The molecular formula is C5H8F3NO2S. The Kier molecular flexibility index (Phi) is 4.40. The van der Waals surface area contributed by atoms with Crippen LogP contribution in [-0.4, -0.2) is 34.8 Å². The van der Waals surface area contributed by atoms with Crippen LogP contribution in [-0.2, 0) is 4.79 Å². The topological polar surface area (TPSA) is 63.3 Å². The van der Waals surface area contributed by atoms with E-state index in [0.29, 0.717) is 11.8 Å². The van der Waals surface area contributed by atoms with Gasteiger partial charge in [0.2, 0.25) is 0 Å². The van der Waals surface area contributed by atoms with Crippen molar-refractivity contribution in [3.63, 3.8) is 0 Å². The number of aliphatic carboxylic acids is 1. The maximum atomic E-state index is 11.5. The number of thioether (sulfide) groups is 1. The molecule has 0 spiro atoms. The van der Waals surface area contributed by atoms with Crippen LogP contribution in [0.15, 0.2) is 0 Å². The average Bonchev–Trinajstić information content (AvgIpc) is 1.84. The number of hydrogen-bond acceptors (Lipinski definition) is 3. The second-order valence-electron chi connectivity index (χ2n) is 2.08.